The van der Waals surface area contributed by atoms with Crippen LogP contribution in [-0.2, 0) is 23.9 Å². The Hall–Kier alpha value is -3.08. The van der Waals surface area contributed by atoms with Gasteiger partial charge >= 0.3 is 0 Å². The molecule has 10 nitrogen and oxygen atoms in total. The summed E-state index contributed by atoms with van der Waals surface area (Å²) in [5.74, 6) is -2.44. The number of aliphatic hydroxyl groups is 2. The minimum absolute atomic E-state index is 0.231. The highest BCUT2D eigenvalue weighted by Crippen LogP contribution is 2.33. The number of ether oxygens (including phenoxy) is 2. The molecule has 3 aliphatic rings. The molecule has 1 aliphatic heterocycles. The summed E-state index contributed by atoms with van der Waals surface area (Å²) in [6, 6.07) is 4.83. The van der Waals surface area contributed by atoms with Gasteiger partial charge in [-0.25, -0.2) is 0 Å². The van der Waals surface area contributed by atoms with Gasteiger partial charge in [0.1, 0.15) is 11.4 Å². The van der Waals surface area contributed by atoms with Crippen molar-refractivity contribution < 1.29 is 38.9 Å². The molecule has 5 unspecified atom stereocenters. The number of carbonyl (C=O) groups excluding carboxylic acids is 4. The third-order valence-corrected chi connectivity index (χ3v) is 8.84. The molecule has 1 aromatic rings. The summed E-state index contributed by atoms with van der Waals surface area (Å²) in [6.45, 7) is 3.55. The molecule has 2 amide bonds. The van der Waals surface area contributed by atoms with Gasteiger partial charge in [0.15, 0.2) is 11.6 Å². The summed E-state index contributed by atoms with van der Waals surface area (Å²) >= 11 is 0. The molecule has 4 rings (SSSR count). The van der Waals surface area contributed by atoms with Crippen molar-refractivity contribution >= 4 is 23.4 Å². The first kappa shape index (κ1) is 31.8. The molecule has 4 N–H and O–H groups in total. The van der Waals surface area contributed by atoms with Gasteiger partial charge in [0.25, 0.3) is 0 Å². The van der Waals surface area contributed by atoms with E-state index in [1.165, 1.54) is 7.11 Å². The first-order chi connectivity index (χ1) is 20.0. The molecule has 0 bridgehead atoms. The standard InChI is InChI=1S/C32H44N2O8/c1-19(33-30(39)22-8-12-23(35)13-9-22)27(36)17-25(28(37)21-10-14-24(41-3)15-11-21)31(40)34-26(16-20-6-4-5-7-20)29(38)32(2)18-42-32/h6,10-11,14-15,19,22-23,25-26,28,35,37H,4-5,7-9,12-13,16-18H2,1-3H3,(H,33,39)(H,34,40). The lowest BCUT2D eigenvalue weighted by atomic mass is 9.86. The predicted octanol–water partition coefficient (Wildman–Crippen LogP) is 2.70. The van der Waals surface area contributed by atoms with E-state index >= 15 is 0 Å². The number of allylic oxidation sites excluding steroid dienone is 1. The molecule has 42 heavy (non-hydrogen) atoms. The second-order valence-corrected chi connectivity index (χ2v) is 12.1. The molecule has 1 saturated heterocycles. The monoisotopic (exact) mass is 584 g/mol. The van der Waals surface area contributed by atoms with Crippen molar-refractivity contribution in [3.05, 3.63) is 41.5 Å². The van der Waals surface area contributed by atoms with E-state index in [1.54, 1.807) is 38.1 Å². The molecule has 2 aliphatic carbocycles. The van der Waals surface area contributed by atoms with E-state index in [4.69, 9.17) is 9.47 Å². The minimum atomic E-state index is -1.35. The molecule has 1 saturated carbocycles. The summed E-state index contributed by atoms with van der Waals surface area (Å²) in [7, 11) is 1.52. The molecule has 1 heterocycles. The van der Waals surface area contributed by atoms with Gasteiger partial charge in [-0.05, 0) is 82.9 Å². The van der Waals surface area contributed by atoms with Gasteiger partial charge in [0, 0.05) is 12.3 Å². The van der Waals surface area contributed by atoms with Crippen molar-refractivity contribution in [2.75, 3.05) is 13.7 Å². The number of methoxy groups -OCH3 is 1. The second-order valence-electron chi connectivity index (χ2n) is 12.1. The van der Waals surface area contributed by atoms with Gasteiger partial charge < -0.3 is 30.3 Å². The van der Waals surface area contributed by atoms with Crippen LogP contribution in [0.15, 0.2) is 35.9 Å². The lowest BCUT2D eigenvalue weighted by molar-refractivity contribution is -0.137. The average Bonchev–Trinajstić information content (AvgIpc) is 3.53. The lowest BCUT2D eigenvalue weighted by Gasteiger charge is -2.28. The highest BCUT2D eigenvalue weighted by molar-refractivity contribution is 5.98. The van der Waals surface area contributed by atoms with Crippen LogP contribution in [0.2, 0.25) is 0 Å². The number of hydrogen-bond acceptors (Lipinski definition) is 8. The van der Waals surface area contributed by atoms with Crippen molar-refractivity contribution in [2.45, 2.75) is 102 Å². The molecule has 0 radical (unpaired) electrons. The summed E-state index contributed by atoms with van der Waals surface area (Å²) < 4.78 is 10.6. The second kappa shape index (κ2) is 13.9. The predicted molar refractivity (Wildman–Crippen MR) is 154 cm³/mol. The summed E-state index contributed by atoms with van der Waals surface area (Å²) in [5.41, 5.74) is 0.554. The van der Waals surface area contributed by atoms with Crippen LogP contribution in [0.5, 0.6) is 5.75 Å². The fourth-order valence-electron chi connectivity index (χ4n) is 5.82. The van der Waals surface area contributed by atoms with E-state index in [1.807, 2.05) is 0 Å². The molecular formula is C32H44N2O8. The Balaban J connectivity index is 1.50. The molecule has 1 aromatic carbocycles. The van der Waals surface area contributed by atoms with E-state index in [9.17, 15) is 29.4 Å². The Morgan fingerprint density at radius 3 is 2.33 bits per heavy atom. The highest BCUT2D eigenvalue weighted by Gasteiger charge is 2.50. The van der Waals surface area contributed by atoms with E-state index < -0.39 is 47.5 Å². The topological polar surface area (TPSA) is 155 Å². The Morgan fingerprint density at radius 1 is 1.10 bits per heavy atom. The average molecular weight is 585 g/mol. The molecule has 0 spiro atoms. The van der Waals surface area contributed by atoms with Gasteiger partial charge in [0.2, 0.25) is 11.8 Å². The fourth-order valence-corrected chi connectivity index (χ4v) is 5.82. The summed E-state index contributed by atoms with van der Waals surface area (Å²) in [6.07, 6.45) is 5.29. The van der Waals surface area contributed by atoms with Crippen molar-refractivity contribution in [3.63, 3.8) is 0 Å². The maximum atomic E-state index is 13.8. The van der Waals surface area contributed by atoms with Crippen LogP contribution >= 0.6 is 0 Å². The number of nitrogens with one attached hydrogen (secondary N) is 2. The number of ketones is 2. The fraction of sp³-hybridized carbons (Fsp3) is 0.625. The maximum absolute atomic E-state index is 13.8. The number of aliphatic hydroxyl groups excluding tert-OH is 2. The Labute approximate surface area is 247 Å². The van der Waals surface area contributed by atoms with Crippen LogP contribution in [0.1, 0.15) is 83.3 Å². The summed E-state index contributed by atoms with van der Waals surface area (Å²) in [4.78, 5) is 53.3. The maximum Gasteiger partial charge on any atom is 0.227 e. The van der Waals surface area contributed by atoms with E-state index in [0.29, 0.717) is 43.4 Å². The minimum Gasteiger partial charge on any atom is -0.497 e. The quantitative estimate of drug-likeness (QED) is 0.192. The molecule has 5 atom stereocenters. The third kappa shape index (κ3) is 8.05. The van der Waals surface area contributed by atoms with Crippen molar-refractivity contribution in [2.24, 2.45) is 11.8 Å². The number of benzene rings is 1. The Kier molecular flexibility index (Phi) is 10.6. The smallest absolute Gasteiger partial charge is 0.227 e. The highest BCUT2D eigenvalue weighted by atomic mass is 16.6. The van der Waals surface area contributed by atoms with E-state index in [-0.39, 0.29) is 30.6 Å². The zero-order chi connectivity index (χ0) is 30.4. The van der Waals surface area contributed by atoms with Gasteiger partial charge in [0.05, 0.1) is 43.9 Å². The van der Waals surface area contributed by atoms with Gasteiger partial charge in [-0.2, -0.15) is 0 Å². The molecule has 10 heteroatoms. The van der Waals surface area contributed by atoms with Crippen LogP contribution in [0.25, 0.3) is 0 Å². The molecule has 2 fully saturated rings. The number of carbonyl (C=O) groups is 4. The zero-order valence-electron chi connectivity index (χ0n) is 24.8. The van der Waals surface area contributed by atoms with Crippen LogP contribution in [0.4, 0.5) is 0 Å². The largest absolute Gasteiger partial charge is 0.497 e. The molecule has 0 aromatic heterocycles. The first-order valence-corrected chi connectivity index (χ1v) is 15.0. The van der Waals surface area contributed by atoms with E-state index in [0.717, 1.165) is 24.8 Å². The summed E-state index contributed by atoms with van der Waals surface area (Å²) in [5, 5.41) is 26.7. The van der Waals surface area contributed by atoms with Crippen LogP contribution < -0.4 is 15.4 Å². The van der Waals surface area contributed by atoms with Crippen LogP contribution in [-0.4, -0.2) is 71.1 Å². The Bertz CT molecular complexity index is 1170. The Morgan fingerprint density at radius 2 is 1.76 bits per heavy atom. The number of amides is 2. The number of hydrogen-bond donors (Lipinski definition) is 4. The van der Waals surface area contributed by atoms with Crippen molar-refractivity contribution in [1.29, 1.82) is 0 Å². The van der Waals surface area contributed by atoms with Gasteiger partial charge in [-0.15, -0.1) is 0 Å². The number of Topliss-reactive ketones (excluding diaryl/α,β-unsaturated/α-hetero) is 2. The molecule has 230 valence electrons. The van der Waals surface area contributed by atoms with Gasteiger partial charge in [-0.1, -0.05) is 23.8 Å². The first-order valence-electron chi connectivity index (χ1n) is 15.0. The third-order valence-electron chi connectivity index (χ3n) is 8.84. The van der Waals surface area contributed by atoms with Crippen molar-refractivity contribution in [1.82, 2.24) is 10.6 Å². The van der Waals surface area contributed by atoms with Crippen molar-refractivity contribution in [3.8, 4) is 5.75 Å². The van der Waals surface area contributed by atoms with Gasteiger partial charge in [-0.3, -0.25) is 19.2 Å². The number of rotatable bonds is 14. The normalized spacial score (nSPS) is 26.3. The molecular weight excluding hydrogens is 540 g/mol. The van der Waals surface area contributed by atoms with E-state index in [2.05, 4.69) is 16.7 Å². The SMILES string of the molecule is COc1ccc(C(O)C(CC(=O)C(C)NC(=O)C2CCC(O)CC2)C(=O)NC(CC2=CCCC2)C(=O)C2(C)CO2)cc1. The zero-order valence-corrected chi connectivity index (χ0v) is 24.8. The lowest BCUT2D eigenvalue weighted by Crippen LogP contribution is -2.50. The van der Waals surface area contributed by atoms with Crippen LogP contribution in [0.3, 0.4) is 0 Å². The number of epoxide rings is 1. The van der Waals surface area contributed by atoms with Crippen LogP contribution in [0, 0.1) is 11.8 Å².